The van der Waals surface area contributed by atoms with Gasteiger partial charge in [-0.05, 0) is 48.7 Å². The molecule has 0 aliphatic carbocycles. The monoisotopic (exact) mass is 402 g/mol. The smallest absolute Gasteiger partial charge is 0.326 e. The van der Waals surface area contributed by atoms with Gasteiger partial charge in [-0.25, -0.2) is 9.18 Å². The van der Waals surface area contributed by atoms with Crippen LogP contribution in [-0.2, 0) is 11.2 Å². The zero-order chi connectivity index (χ0) is 19.8. The van der Waals surface area contributed by atoms with Crippen molar-refractivity contribution in [1.29, 1.82) is 0 Å². The highest BCUT2D eigenvalue weighted by molar-refractivity contribution is 6.30. The maximum atomic E-state index is 13.3. The van der Waals surface area contributed by atoms with Gasteiger partial charge in [0.15, 0.2) is 0 Å². The van der Waals surface area contributed by atoms with Crippen LogP contribution in [-0.4, -0.2) is 33.4 Å². The summed E-state index contributed by atoms with van der Waals surface area (Å²) < 4.78 is 15.0. The van der Waals surface area contributed by atoms with Crippen LogP contribution >= 0.6 is 11.6 Å². The minimum absolute atomic E-state index is 0.00440. The molecule has 2 aromatic carbocycles. The van der Waals surface area contributed by atoms with Gasteiger partial charge in [-0.2, -0.15) is 0 Å². The molecule has 0 bridgehead atoms. The number of H-pyrrole nitrogens is 1. The van der Waals surface area contributed by atoms with Crippen molar-refractivity contribution in [1.82, 2.24) is 14.5 Å². The van der Waals surface area contributed by atoms with E-state index in [1.165, 1.54) is 12.1 Å². The van der Waals surface area contributed by atoms with Gasteiger partial charge < -0.3 is 15.6 Å². The summed E-state index contributed by atoms with van der Waals surface area (Å²) in [4.78, 5) is 29.9. The van der Waals surface area contributed by atoms with E-state index in [-0.39, 0.29) is 29.1 Å². The van der Waals surface area contributed by atoms with Gasteiger partial charge in [0.1, 0.15) is 5.82 Å². The van der Waals surface area contributed by atoms with Crippen molar-refractivity contribution in [2.75, 3.05) is 18.8 Å². The Morgan fingerprint density at radius 1 is 1.29 bits per heavy atom. The van der Waals surface area contributed by atoms with Gasteiger partial charge >= 0.3 is 5.69 Å². The fraction of sp³-hybridized carbons (Fsp3) is 0.300. The van der Waals surface area contributed by atoms with Crippen molar-refractivity contribution >= 4 is 34.2 Å². The largest absolute Gasteiger partial charge is 0.399 e. The highest BCUT2D eigenvalue weighted by Crippen LogP contribution is 2.26. The van der Waals surface area contributed by atoms with E-state index in [0.717, 1.165) is 23.9 Å². The molecule has 4 rings (SSSR count). The first-order chi connectivity index (χ1) is 13.4. The number of carbonyl (C=O) groups excluding carboxylic acids is 1. The highest BCUT2D eigenvalue weighted by Gasteiger charge is 2.27. The summed E-state index contributed by atoms with van der Waals surface area (Å²) in [5.41, 5.74) is 8.39. The van der Waals surface area contributed by atoms with Crippen molar-refractivity contribution in [2.24, 2.45) is 0 Å². The fourth-order valence-electron chi connectivity index (χ4n) is 3.83. The molecule has 1 aliphatic heterocycles. The van der Waals surface area contributed by atoms with Crippen LogP contribution < -0.4 is 11.4 Å². The lowest BCUT2D eigenvalue weighted by Gasteiger charge is -2.33. The molecule has 28 heavy (non-hydrogen) atoms. The van der Waals surface area contributed by atoms with Crippen molar-refractivity contribution in [3.8, 4) is 0 Å². The van der Waals surface area contributed by atoms with E-state index in [0.29, 0.717) is 24.3 Å². The summed E-state index contributed by atoms with van der Waals surface area (Å²) >= 11 is 5.81. The number of anilines is 1. The molecule has 0 unspecified atom stereocenters. The Morgan fingerprint density at radius 2 is 2.11 bits per heavy atom. The van der Waals surface area contributed by atoms with Crippen LogP contribution in [0.2, 0.25) is 5.02 Å². The van der Waals surface area contributed by atoms with Crippen LogP contribution in [0.1, 0.15) is 24.4 Å². The Kier molecular flexibility index (Phi) is 4.85. The minimum Gasteiger partial charge on any atom is -0.399 e. The second kappa shape index (κ2) is 7.31. The maximum Gasteiger partial charge on any atom is 0.326 e. The first-order valence-electron chi connectivity index (χ1n) is 9.14. The normalized spacial score (nSPS) is 17.2. The summed E-state index contributed by atoms with van der Waals surface area (Å²) in [6.07, 6.45) is 1.73. The molecule has 1 aliphatic rings. The maximum absolute atomic E-state index is 13.3. The van der Waals surface area contributed by atoms with E-state index >= 15 is 0 Å². The molecular formula is C20H20ClFN4O2. The summed E-state index contributed by atoms with van der Waals surface area (Å²) in [6.45, 7) is 1.07. The first kappa shape index (κ1) is 18.6. The molecule has 1 fully saturated rings. The molecule has 1 atom stereocenters. The Bertz CT molecular complexity index is 1110. The number of piperidine rings is 1. The number of hydrogen-bond acceptors (Lipinski definition) is 3. The molecule has 146 valence electrons. The topological polar surface area (TPSA) is 84.1 Å². The Balaban J connectivity index is 1.55. The third-order valence-corrected chi connectivity index (χ3v) is 5.49. The zero-order valence-corrected chi connectivity index (χ0v) is 15.9. The SMILES string of the molecule is Nc1ccc2[nH]c(=O)n([C@H]3CCCN(C(=O)Cc4ccc(F)c(Cl)c4)C3)c2c1. The number of fused-ring (bicyclic) bond motifs is 1. The number of halogens is 2. The second-order valence-electron chi connectivity index (χ2n) is 7.14. The number of nitrogens with zero attached hydrogens (tertiary/aromatic N) is 2. The highest BCUT2D eigenvalue weighted by atomic mass is 35.5. The minimum atomic E-state index is -0.506. The van der Waals surface area contributed by atoms with Crippen molar-refractivity contribution in [3.05, 3.63) is 63.3 Å². The number of carbonyl (C=O) groups is 1. The molecule has 2 heterocycles. The Hall–Kier alpha value is -2.80. The van der Waals surface area contributed by atoms with Crippen molar-refractivity contribution < 1.29 is 9.18 Å². The van der Waals surface area contributed by atoms with E-state index in [1.807, 2.05) is 0 Å². The summed E-state index contributed by atoms with van der Waals surface area (Å²) in [5.74, 6) is -0.575. The summed E-state index contributed by atoms with van der Waals surface area (Å²) in [7, 11) is 0. The molecule has 8 heteroatoms. The van der Waals surface area contributed by atoms with Gasteiger partial charge in [0.05, 0.1) is 28.5 Å². The number of aromatic amines is 1. The third kappa shape index (κ3) is 3.49. The van der Waals surface area contributed by atoms with Crippen LogP contribution in [0, 0.1) is 5.82 Å². The van der Waals surface area contributed by atoms with Gasteiger partial charge in [0.25, 0.3) is 0 Å². The van der Waals surface area contributed by atoms with E-state index in [2.05, 4.69) is 4.98 Å². The van der Waals surface area contributed by atoms with Gasteiger partial charge in [0.2, 0.25) is 5.91 Å². The third-order valence-electron chi connectivity index (χ3n) is 5.20. The van der Waals surface area contributed by atoms with Crippen LogP contribution in [0.25, 0.3) is 11.0 Å². The quantitative estimate of drug-likeness (QED) is 0.660. The number of hydrogen-bond donors (Lipinski definition) is 2. The standard InChI is InChI=1S/C20H20ClFN4O2/c21-15-8-12(3-5-16(15)22)9-19(27)25-7-1-2-14(11-25)26-18-10-13(23)4-6-17(18)24-20(26)28/h3-6,8,10,14H,1-2,7,9,11,23H2,(H,24,28)/t14-/m0/s1. The first-order valence-corrected chi connectivity index (χ1v) is 9.51. The Labute approximate surface area is 165 Å². The molecule has 6 nitrogen and oxygen atoms in total. The van der Waals surface area contributed by atoms with Crippen LogP contribution in [0.4, 0.5) is 10.1 Å². The number of nitrogens with two attached hydrogens (primary N) is 1. The second-order valence-corrected chi connectivity index (χ2v) is 7.54. The molecule has 1 saturated heterocycles. The van der Waals surface area contributed by atoms with E-state index in [4.69, 9.17) is 17.3 Å². The molecule has 0 spiro atoms. The number of amides is 1. The van der Waals surface area contributed by atoms with E-state index < -0.39 is 5.82 Å². The fourth-order valence-corrected chi connectivity index (χ4v) is 4.03. The number of imidazole rings is 1. The van der Waals surface area contributed by atoms with Crippen LogP contribution in [0.15, 0.2) is 41.2 Å². The number of nitrogens with one attached hydrogen (secondary N) is 1. The average Bonchev–Trinajstić information content (AvgIpc) is 2.99. The zero-order valence-electron chi connectivity index (χ0n) is 15.1. The summed E-state index contributed by atoms with van der Waals surface area (Å²) in [5, 5.41) is 0.00440. The van der Waals surface area contributed by atoms with Gasteiger partial charge in [-0.15, -0.1) is 0 Å². The molecule has 3 aromatic rings. The molecule has 3 N–H and O–H groups in total. The van der Waals surface area contributed by atoms with Crippen molar-refractivity contribution in [2.45, 2.75) is 25.3 Å². The molecule has 0 radical (unpaired) electrons. The molecule has 1 aromatic heterocycles. The number of rotatable bonds is 3. The van der Waals surface area contributed by atoms with Gasteiger partial charge in [0, 0.05) is 18.8 Å². The van der Waals surface area contributed by atoms with Gasteiger partial charge in [-0.3, -0.25) is 9.36 Å². The lowest BCUT2D eigenvalue weighted by molar-refractivity contribution is -0.132. The molecule has 0 saturated carbocycles. The van der Waals surface area contributed by atoms with Crippen LogP contribution in [0.3, 0.4) is 0 Å². The van der Waals surface area contributed by atoms with Gasteiger partial charge in [-0.1, -0.05) is 17.7 Å². The predicted octanol–water partition coefficient (Wildman–Crippen LogP) is 3.11. The number of aromatic nitrogens is 2. The predicted molar refractivity (Wildman–Crippen MR) is 107 cm³/mol. The summed E-state index contributed by atoms with van der Waals surface area (Å²) in [6, 6.07) is 9.47. The van der Waals surface area contributed by atoms with E-state index in [9.17, 15) is 14.0 Å². The molecule has 1 amide bonds. The van der Waals surface area contributed by atoms with E-state index in [1.54, 1.807) is 33.7 Å². The van der Waals surface area contributed by atoms with Crippen molar-refractivity contribution in [3.63, 3.8) is 0 Å². The number of nitrogen functional groups attached to an aromatic ring is 1. The number of benzene rings is 2. The lowest BCUT2D eigenvalue weighted by Crippen LogP contribution is -2.43. The molecular weight excluding hydrogens is 383 g/mol. The van der Waals surface area contributed by atoms with Crippen LogP contribution in [0.5, 0.6) is 0 Å². The average molecular weight is 403 g/mol. The number of likely N-dealkylation sites (tertiary alicyclic amines) is 1. The Morgan fingerprint density at radius 3 is 2.89 bits per heavy atom. The lowest BCUT2D eigenvalue weighted by atomic mass is 10.0.